The molecular weight excluding hydrogens is 475 g/mol. The Morgan fingerprint density at radius 3 is 2.39 bits per heavy atom. The van der Waals surface area contributed by atoms with Crippen LogP contribution in [-0.4, -0.2) is 41.5 Å². The topological polar surface area (TPSA) is 103 Å². The molecule has 0 bridgehead atoms. The second kappa shape index (κ2) is 9.79. The van der Waals surface area contributed by atoms with Gasteiger partial charge in [0, 0.05) is 30.6 Å². The lowest BCUT2D eigenvalue weighted by molar-refractivity contribution is -0.141. The third-order valence-electron chi connectivity index (χ3n) is 6.85. The number of rotatable bonds is 6. The number of hydrogen-bond donors (Lipinski definition) is 3. The molecule has 4 rings (SSSR count). The van der Waals surface area contributed by atoms with E-state index in [9.17, 15) is 27.6 Å². The maximum Gasteiger partial charge on any atom is 0.433 e. The van der Waals surface area contributed by atoms with Gasteiger partial charge in [-0.25, -0.2) is 9.78 Å². The Labute approximate surface area is 206 Å². The van der Waals surface area contributed by atoms with Gasteiger partial charge in [-0.15, -0.1) is 0 Å². The van der Waals surface area contributed by atoms with Gasteiger partial charge in [0.05, 0.1) is 11.9 Å². The molecule has 8 nitrogen and oxygen atoms in total. The molecule has 3 N–H and O–H groups in total. The molecule has 1 unspecified atom stereocenters. The molecule has 2 aliphatic rings. The van der Waals surface area contributed by atoms with Crippen LogP contribution in [0.25, 0.3) is 0 Å². The smallest absolute Gasteiger partial charge is 0.353 e. The van der Waals surface area contributed by atoms with Crippen molar-refractivity contribution in [2.24, 2.45) is 0 Å². The molecule has 1 aliphatic heterocycles. The van der Waals surface area contributed by atoms with Gasteiger partial charge in [0.25, 0.3) is 0 Å². The fourth-order valence-electron chi connectivity index (χ4n) is 4.75. The summed E-state index contributed by atoms with van der Waals surface area (Å²) in [7, 11) is 0. The average Bonchev–Trinajstić information content (AvgIpc) is 3.62. The number of piperidine rings is 1. The summed E-state index contributed by atoms with van der Waals surface area (Å²) < 4.78 is 38.0. The lowest BCUT2D eigenvalue weighted by Gasteiger charge is -2.33. The van der Waals surface area contributed by atoms with E-state index >= 15 is 0 Å². The first kappa shape index (κ1) is 25.5. The Morgan fingerprint density at radius 1 is 1.14 bits per heavy atom. The van der Waals surface area contributed by atoms with E-state index in [0.717, 1.165) is 36.7 Å². The number of urea groups is 1. The van der Waals surface area contributed by atoms with Gasteiger partial charge < -0.3 is 20.9 Å². The highest BCUT2D eigenvalue weighted by Gasteiger charge is 2.49. The van der Waals surface area contributed by atoms with Crippen LogP contribution in [0.3, 0.4) is 0 Å². The van der Waals surface area contributed by atoms with E-state index < -0.39 is 23.9 Å². The number of anilines is 2. The molecule has 1 aliphatic carbocycles. The SMILES string of the molecule is CC(=O)NC(C)C1(c2ccc(N3CCC[C@@H](NC(=O)Nc4ccc(C(F)(F)F)nc4)C3=O)cc2)CC1. The normalized spacial score (nSPS) is 19.9. The number of amides is 4. The number of nitrogens with zero attached hydrogens (tertiary/aromatic N) is 2. The molecule has 2 aromatic rings. The Morgan fingerprint density at radius 2 is 1.83 bits per heavy atom. The van der Waals surface area contributed by atoms with Crippen molar-refractivity contribution >= 4 is 29.2 Å². The van der Waals surface area contributed by atoms with Crippen LogP contribution >= 0.6 is 0 Å². The van der Waals surface area contributed by atoms with Crippen molar-refractivity contribution in [3.63, 3.8) is 0 Å². The van der Waals surface area contributed by atoms with Crippen LogP contribution < -0.4 is 20.9 Å². The Hall–Kier alpha value is -3.63. The molecule has 1 aromatic carbocycles. The summed E-state index contributed by atoms with van der Waals surface area (Å²) in [6.07, 6.45) is -0.580. The summed E-state index contributed by atoms with van der Waals surface area (Å²) in [5.41, 5.74) is 0.751. The molecule has 192 valence electrons. The first-order valence-electron chi connectivity index (χ1n) is 11.8. The number of benzene rings is 1. The summed E-state index contributed by atoms with van der Waals surface area (Å²) in [5, 5.41) is 8.00. The van der Waals surface area contributed by atoms with Crippen molar-refractivity contribution in [3.8, 4) is 0 Å². The summed E-state index contributed by atoms with van der Waals surface area (Å²) >= 11 is 0. The highest BCUT2D eigenvalue weighted by molar-refractivity contribution is 6.01. The monoisotopic (exact) mass is 503 g/mol. The Kier molecular flexibility index (Phi) is 6.92. The van der Waals surface area contributed by atoms with Crippen molar-refractivity contribution < 1.29 is 27.6 Å². The van der Waals surface area contributed by atoms with Crippen LogP contribution in [0, 0.1) is 0 Å². The summed E-state index contributed by atoms with van der Waals surface area (Å²) in [6.45, 7) is 4.01. The van der Waals surface area contributed by atoms with Gasteiger partial charge in [-0.1, -0.05) is 12.1 Å². The molecule has 2 atom stereocenters. The van der Waals surface area contributed by atoms with Crippen molar-refractivity contribution in [2.75, 3.05) is 16.8 Å². The van der Waals surface area contributed by atoms with E-state index in [-0.39, 0.29) is 29.0 Å². The van der Waals surface area contributed by atoms with Gasteiger partial charge >= 0.3 is 12.2 Å². The first-order chi connectivity index (χ1) is 17.0. The Bertz CT molecular complexity index is 1130. The standard InChI is InChI=1S/C25H28F3N5O3/c1-15(30-16(2)34)24(11-12-24)17-5-8-19(9-6-17)33-13-3-4-20(22(33)35)32-23(36)31-18-7-10-21(29-14-18)25(26,27)28/h5-10,14-15,20H,3-4,11-13H2,1-2H3,(H,30,34)(H2,31,32,36)/t15?,20-/m1/s1. The maximum absolute atomic E-state index is 13.1. The van der Waals surface area contributed by atoms with Crippen LogP contribution in [0.5, 0.6) is 0 Å². The highest BCUT2D eigenvalue weighted by Crippen LogP contribution is 2.51. The lowest BCUT2D eigenvalue weighted by atomic mass is 9.88. The van der Waals surface area contributed by atoms with E-state index in [2.05, 4.69) is 20.9 Å². The predicted molar refractivity (Wildman–Crippen MR) is 127 cm³/mol. The van der Waals surface area contributed by atoms with Crippen molar-refractivity contribution in [2.45, 2.75) is 63.2 Å². The van der Waals surface area contributed by atoms with Crippen LogP contribution in [0.4, 0.5) is 29.3 Å². The van der Waals surface area contributed by atoms with Crippen LogP contribution in [-0.2, 0) is 21.2 Å². The zero-order valence-electron chi connectivity index (χ0n) is 20.0. The molecule has 11 heteroatoms. The van der Waals surface area contributed by atoms with Crippen molar-refractivity contribution in [3.05, 3.63) is 53.9 Å². The highest BCUT2D eigenvalue weighted by atomic mass is 19.4. The second-order valence-electron chi connectivity index (χ2n) is 9.34. The van der Waals surface area contributed by atoms with Crippen molar-refractivity contribution in [1.29, 1.82) is 0 Å². The number of pyridine rings is 1. The minimum Gasteiger partial charge on any atom is -0.353 e. The number of halogens is 3. The third-order valence-corrected chi connectivity index (χ3v) is 6.85. The fourth-order valence-corrected chi connectivity index (χ4v) is 4.75. The van der Waals surface area contributed by atoms with E-state index in [0.29, 0.717) is 25.1 Å². The van der Waals surface area contributed by atoms with Gasteiger partial charge in [-0.05, 0) is 62.4 Å². The minimum atomic E-state index is -4.57. The second-order valence-corrected chi connectivity index (χ2v) is 9.34. The van der Waals surface area contributed by atoms with Gasteiger partial charge in [-0.3, -0.25) is 9.59 Å². The molecule has 4 amide bonds. The van der Waals surface area contributed by atoms with E-state index in [4.69, 9.17) is 0 Å². The zero-order chi connectivity index (χ0) is 26.1. The third kappa shape index (κ3) is 5.44. The summed E-state index contributed by atoms with van der Waals surface area (Å²) in [6, 6.07) is 8.13. The zero-order valence-corrected chi connectivity index (χ0v) is 20.0. The molecule has 1 saturated carbocycles. The molecule has 0 spiro atoms. The number of carbonyl (C=O) groups excluding carboxylic acids is 3. The minimum absolute atomic E-state index is 0.00410. The predicted octanol–water partition coefficient (Wildman–Crippen LogP) is 3.97. The van der Waals surface area contributed by atoms with Gasteiger partial charge in [0.15, 0.2) is 0 Å². The van der Waals surface area contributed by atoms with E-state index in [1.54, 1.807) is 4.90 Å². The largest absolute Gasteiger partial charge is 0.433 e. The van der Waals surface area contributed by atoms with Crippen LogP contribution in [0.1, 0.15) is 50.8 Å². The molecule has 2 fully saturated rings. The average molecular weight is 504 g/mol. The first-order valence-corrected chi connectivity index (χ1v) is 11.8. The van der Waals surface area contributed by atoms with Crippen molar-refractivity contribution in [1.82, 2.24) is 15.6 Å². The number of nitrogens with one attached hydrogen (secondary N) is 3. The summed E-state index contributed by atoms with van der Waals surface area (Å²) in [5.74, 6) is -0.330. The fraction of sp³-hybridized carbons (Fsp3) is 0.440. The van der Waals surface area contributed by atoms with Crippen LogP contribution in [0.2, 0.25) is 0 Å². The molecule has 36 heavy (non-hydrogen) atoms. The van der Waals surface area contributed by atoms with Gasteiger partial charge in [0.1, 0.15) is 11.7 Å². The number of aromatic nitrogens is 1. The Balaban J connectivity index is 1.38. The number of alkyl halides is 3. The molecule has 1 aromatic heterocycles. The van der Waals surface area contributed by atoms with Crippen LogP contribution in [0.15, 0.2) is 42.6 Å². The van der Waals surface area contributed by atoms with Gasteiger partial charge in [0.2, 0.25) is 11.8 Å². The molecular formula is C25H28F3N5O3. The number of hydrogen-bond acceptors (Lipinski definition) is 4. The summed E-state index contributed by atoms with van der Waals surface area (Å²) in [4.78, 5) is 41.9. The quantitative estimate of drug-likeness (QED) is 0.555. The van der Waals surface area contributed by atoms with Gasteiger partial charge in [-0.2, -0.15) is 13.2 Å². The van der Waals surface area contributed by atoms with E-state index in [1.807, 2.05) is 31.2 Å². The molecule has 0 radical (unpaired) electrons. The van der Waals surface area contributed by atoms with E-state index in [1.165, 1.54) is 6.92 Å². The molecule has 1 saturated heterocycles. The maximum atomic E-state index is 13.1. The molecule has 2 heterocycles. The lowest BCUT2D eigenvalue weighted by Crippen LogP contribution is -2.53. The number of carbonyl (C=O) groups is 3.